The number of aromatic hydroxyl groups is 1. The molecule has 9 nitrogen and oxygen atoms in total. The van der Waals surface area contributed by atoms with Gasteiger partial charge in [0.2, 0.25) is 10.0 Å². The molecule has 1 heterocycles. The summed E-state index contributed by atoms with van der Waals surface area (Å²) in [6.07, 6.45) is 1.43. The minimum atomic E-state index is -3.91. The first-order valence-corrected chi connectivity index (χ1v) is 10.5. The number of hydrogen-bond acceptors (Lipinski definition) is 7. The van der Waals surface area contributed by atoms with Gasteiger partial charge in [-0.05, 0) is 55.0 Å². The van der Waals surface area contributed by atoms with Crippen LogP contribution in [0.5, 0.6) is 5.75 Å². The van der Waals surface area contributed by atoms with Gasteiger partial charge in [-0.3, -0.25) is 4.79 Å². The Bertz CT molecular complexity index is 1220. The van der Waals surface area contributed by atoms with Crippen molar-refractivity contribution >= 4 is 27.6 Å². The van der Waals surface area contributed by atoms with E-state index in [1.165, 1.54) is 49.8 Å². The number of methoxy groups -OCH3 is 1. The molecular weight excluding hydrogens is 424 g/mol. The van der Waals surface area contributed by atoms with Crippen molar-refractivity contribution in [1.29, 1.82) is 0 Å². The minimum absolute atomic E-state index is 0.0171. The molecule has 1 aromatic heterocycles. The van der Waals surface area contributed by atoms with E-state index in [1.54, 1.807) is 19.1 Å². The zero-order valence-corrected chi connectivity index (χ0v) is 17.5. The summed E-state index contributed by atoms with van der Waals surface area (Å²) in [6.45, 7) is 1.60. The highest BCUT2D eigenvalue weighted by Crippen LogP contribution is 2.26. The first-order valence-electron chi connectivity index (χ1n) is 9.06. The lowest BCUT2D eigenvalue weighted by atomic mass is 10.1. The second-order valence-corrected chi connectivity index (χ2v) is 8.33. The molecule has 3 aromatic rings. The fourth-order valence-corrected chi connectivity index (χ4v) is 3.77. The zero-order chi connectivity index (χ0) is 22.6. The predicted octanol–water partition coefficient (Wildman–Crippen LogP) is 2.81. The van der Waals surface area contributed by atoms with Crippen LogP contribution in [0.2, 0.25) is 0 Å². The summed E-state index contributed by atoms with van der Waals surface area (Å²) in [5.74, 6) is -1.11. The van der Waals surface area contributed by atoms with Crippen molar-refractivity contribution in [2.45, 2.75) is 18.4 Å². The number of furan rings is 1. The number of phenols is 1. The van der Waals surface area contributed by atoms with Crippen molar-refractivity contribution in [1.82, 2.24) is 4.72 Å². The van der Waals surface area contributed by atoms with Crippen molar-refractivity contribution in [3.63, 3.8) is 0 Å². The third-order valence-corrected chi connectivity index (χ3v) is 5.85. The lowest BCUT2D eigenvalue weighted by Crippen LogP contribution is -2.24. The van der Waals surface area contributed by atoms with Gasteiger partial charge in [0.25, 0.3) is 5.91 Å². The number of phenolic OH excluding ortho intramolecular Hbond substituents is 1. The maximum absolute atomic E-state index is 12.8. The summed E-state index contributed by atoms with van der Waals surface area (Å²) in [6, 6.07) is 11.2. The molecule has 0 radical (unpaired) electrons. The Labute approximate surface area is 178 Å². The Hall–Kier alpha value is -3.63. The lowest BCUT2D eigenvalue weighted by molar-refractivity contribution is 0.0600. The Morgan fingerprint density at radius 1 is 1.13 bits per heavy atom. The molecule has 162 valence electrons. The van der Waals surface area contributed by atoms with Crippen LogP contribution in [0.1, 0.15) is 32.0 Å². The fraction of sp³-hybridized carbons (Fsp3) is 0.143. The van der Waals surface area contributed by atoms with Crippen LogP contribution in [-0.2, 0) is 21.3 Å². The highest BCUT2D eigenvalue weighted by molar-refractivity contribution is 7.89. The number of rotatable bonds is 7. The molecule has 0 unspecified atom stereocenters. The smallest absolute Gasteiger partial charge is 0.337 e. The molecule has 0 aliphatic carbocycles. The molecule has 0 fully saturated rings. The maximum atomic E-state index is 12.8. The van der Waals surface area contributed by atoms with Crippen LogP contribution < -0.4 is 10.0 Å². The van der Waals surface area contributed by atoms with Gasteiger partial charge in [0, 0.05) is 5.56 Å². The van der Waals surface area contributed by atoms with Gasteiger partial charge < -0.3 is 19.6 Å². The van der Waals surface area contributed by atoms with Crippen molar-refractivity contribution in [3.8, 4) is 5.75 Å². The molecule has 31 heavy (non-hydrogen) atoms. The van der Waals surface area contributed by atoms with Gasteiger partial charge in [-0.1, -0.05) is 6.07 Å². The van der Waals surface area contributed by atoms with E-state index in [2.05, 4.69) is 14.8 Å². The van der Waals surface area contributed by atoms with Crippen molar-refractivity contribution < 1.29 is 32.3 Å². The van der Waals surface area contributed by atoms with Crippen molar-refractivity contribution in [3.05, 3.63) is 77.2 Å². The van der Waals surface area contributed by atoms with Crippen molar-refractivity contribution in [2.24, 2.45) is 0 Å². The number of hydrogen-bond donors (Lipinski definition) is 3. The third kappa shape index (κ3) is 5.11. The van der Waals surface area contributed by atoms with Crippen molar-refractivity contribution in [2.75, 3.05) is 12.4 Å². The quantitative estimate of drug-likeness (QED) is 0.377. The number of carbonyl (C=O) groups excluding carboxylic acids is 2. The number of nitrogens with one attached hydrogen (secondary N) is 2. The standard InChI is InChI=1S/C21H20N2O7S/c1-13-5-7-16(31(27,28)22-12-15-4-3-9-30-15)11-17(13)20(25)23-18-10-14(21(26)29-2)6-8-19(18)24/h3-11,22,24H,12H2,1-2H3,(H,23,25). The van der Waals surface area contributed by atoms with E-state index < -0.39 is 21.9 Å². The van der Waals surface area contributed by atoms with Gasteiger partial charge in [0.15, 0.2) is 0 Å². The molecule has 0 saturated carbocycles. The van der Waals surface area contributed by atoms with E-state index >= 15 is 0 Å². The van der Waals surface area contributed by atoms with Crippen LogP contribution >= 0.6 is 0 Å². The Morgan fingerprint density at radius 3 is 2.58 bits per heavy atom. The van der Waals surface area contributed by atoms with Crippen LogP contribution in [0.25, 0.3) is 0 Å². The molecule has 2 aromatic carbocycles. The fourth-order valence-electron chi connectivity index (χ4n) is 2.75. The van der Waals surface area contributed by atoms with Crippen LogP contribution in [0.4, 0.5) is 5.69 Å². The average Bonchev–Trinajstić information content (AvgIpc) is 3.27. The van der Waals surface area contributed by atoms with E-state index in [1.807, 2.05) is 0 Å². The summed E-state index contributed by atoms with van der Waals surface area (Å²) in [7, 11) is -2.70. The van der Waals surface area contributed by atoms with Crippen LogP contribution in [-0.4, -0.2) is 32.5 Å². The highest BCUT2D eigenvalue weighted by Gasteiger charge is 2.20. The third-order valence-electron chi connectivity index (χ3n) is 4.45. The SMILES string of the molecule is COC(=O)c1ccc(O)c(NC(=O)c2cc(S(=O)(=O)NCc3ccco3)ccc2C)c1. The van der Waals surface area contributed by atoms with Gasteiger partial charge in [0.05, 0.1) is 36.1 Å². The first-order chi connectivity index (χ1) is 14.7. The highest BCUT2D eigenvalue weighted by atomic mass is 32.2. The molecule has 3 N–H and O–H groups in total. The summed E-state index contributed by atoms with van der Waals surface area (Å²) in [4.78, 5) is 24.4. The molecule has 0 aliphatic heterocycles. The molecule has 0 aliphatic rings. The number of carbonyl (C=O) groups is 2. The average molecular weight is 444 g/mol. The first kappa shape index (κ1) is 22.1. The Morgan fingerprint density at radius 2 is 1.90 bits per heavy atom. The predicted molar refractivity (Wildman–Crippen MR) is 111 cm³/mol. The van der Waals surface area contributed by atoms with E-state index in [9.17, 15) is 23.1 Å². The van der Waals surface area contributed by atoms with E-state index in [0.717, 1.165) is 0 Å². The number of anilines is 1. The maximum Gasteiger partial charge on any atom is 0.337 e. The molecule has 10 heteroatoms. The number of ether oxygens (including phenoxy) is 1. The normalized spacial score (nSPS) is 11.2. The molecule has 0 saturated heterocycles. The molecule has 3 rings (SSSR count). The Balaban J connectivity index is 1.84. The topological polar surface area (TPSA) is 135 Å². The van der Waals surface area contributed by atoms with E-state index in [-0.39, 0.29) is 34.0 Å². The van der Waals surface area contributed by atoms with Gasteiger partial charge in [-0.25, -0.2) is 17.9 Å². The summed E-state index contributed by atoms with van der Waals surface area (Å²) in [5.41, 5.74) is 0.720. The zero-order valence-electron chi connectivity index (χ0n) is 16.7. The largest absolute Gasteiger partial charge is 0.506 e. The van der Waals surface area contributed by atoms with Crippen LogP contribution in [0.15, 0.2) is 64.1 Å². The van der Waals surface area contributed by atoms with Gasteiger partial charge in [0.1, 0.15) is 11.5 Å². The number of benzene rings is 2. The second kappa shape index (κ2) is 9.02. The van der Waals surface area contributed by atoms with Gasteiger partial charge in [-0.15, -0.1) is 0 Å². The number of sulfonamides is 1. The second-order valence-electron chi connectivity index (χ2n) is 6.56. The summed E-state index contributed by atoms with van der Waals surface area (Å²) < 4.78 is 37.3. The summed E-state index contributed by atoms with van der Waals surface area (Å²) in [5, 5.41) is 12.5. The van der Waals surface area contributed by atoms with E-state index in [0.29, 0.717) is 11.3 Å². The molecule has 0 atom stereocenters. The summed E-state index contributed by atoms with van der Waals surface area (Å²) >= 11 is 0. The number of amides is 1. The molecule has 1 amide bonds. The van der Waals surface area contributed by atoms with Crippen LogP contribution in [0.3, 0.4) is 0 Å². The van der Waals surface area contributed by atoms with Gasteiger partial charge in [-0.2, -0.15) is 0 Å². The lowest BCUT2D eigenvalue weighted by Gasteiger charge is -2.12. The monoisotopic (exact) mass is 444 g/mol. The van der Waals surface area contributed by atoms with Gasteiger partial charge >= 0.3 is 5.97 Å². The minimum Gasteiger partial charge on any atom is -0.506 e. The molecule has 0 spiro atoms. The van der Waals surface area contributed by atoms with E-state index in [4.69, 9.17) is 4.42 Å². The number of aryl methyl sites for hydroxylation is 1. The van der Waals surface area contributed by atoms with Crippen LogP contribution in [0, 0.1) is 6.92 Å². The molecular formula is C21H20N2O7S. The molecule has 0 bridgehead atoms. The number of esters is 1. The Kier molecular flexibility index (Phi) is 6.42.